The maximum absolute atomic E-state index is 5.22. The summed E-state index contributed by atoms with van der Waals surface area (Å²) < 4.78 is 5.12. The Morgan fingerprint density at radius 3 is 2.84 bits per heavy atom. The van der Waals surface area contributed by atoms with E-state index in [1.807, 2.05) is 25.1 Å². The van der Waals surface area contributed by atoms with E-state index in [4.69, 9.17) is 11.2 Å². The van der Waals surface area contributed by atoms with Crippen LogP contribution in [0.3, 0.4) is 0 Å². The number of hydrogen-bond acceptors (Lipinski definition) is 2. The lowest BCUT2D eigenvalue weighted by molar-refractivity contribution is 0.185. The minimum Gasteiger partial charge on any atom is -0.380 e. The molecule has 4 heteroatoms. The highest BCUT2D eigenvalue weighted by molar-refractivity contribution is 5.79. The molecule has 1 aromatic rings. The zero-order chi connectivity index (χ0) is 13.9. The Hall–Kier alpha value is -1.99. The monoisotopic (exact) mass is 259 g/mol. The quantitative estimate of drug-likeness (QED) is 0.462. The van der Waals surface area contributed by atoms with Gasteiger partial charge in [-0.15, -0.1) is 6.42 Å². The van der Waals surface area contributed by atoms with E-state index in [2.05, 4.69) is 27.6 Å². The number of ether oxygens (including phenoxy) is 1. The molecule has 0 aliphatic heterocycles. The molecule has 0 atom stereocenters. The highest BCUT2D eigenvalue weighted by atomic mass is 16.5. The van der Waals surface area contributed by atoms with E-state index in [1.165, 1.54) is 0 Å². The number of benzene rings is 1. The van der Waals surface area contributed by atoms with Gasteiger partial charge in [-0.2, -0.15) is 0 Å². The summed E-state index contributed by atoms with van der Waals surface area (Å²) in [5.74, 6) is 3.27. The maximum Gasteiger partial charge on any atom is 0.192 e. The van der Waals surface area contributed by atoms with Crippen LogP contribution in [0.1, 0.15) is 18.1 Å². The Balaban J connectivity index is 2.65. The van der Waals surface area contributed by atoms with E-state index >= 15 is 0 Å². The topological polar surface area (TPSA) is 45.7 Å². The van der Waals surface area contributed by atoms with Crippen LogP contribution in [0.5, 0.6) is 0 Å². The van der Waals surface area contributed by atoms with Crippen LogP contribution in [-0.2, 0) is 17.9 Å². The molecule has 0 radical (unpaired) electrons. The predicted octanol–water partition coefficient (Wildman–Crippen LogP) is 1.52. The highest BCUT2D eigenvalue weighted by Gasteiger charge is 1.98. The lowest BCUT2D eigenvalue weighted by atomic mass is 10.1. The van der Waals surface area contributed by atoms with Gasteiger partial charge in [0, 0.05) is 13.7 Å². The van der Waals surface area contributed by atoms with E-state index < -0.39 is 0 Å². The molecule has 1 aromatic carbocycles. The Kier molecular flexibility index (Phi) is 7.14. The smallest absolute Gasteiger partial charge is 0.192 e. The Morgan fingerprint density at radius 2 is 2.16 bits per heavy atom. The van der Waals surface area contributed by atoms with Crippen LogP contribution >= 0.6 is 0 Å². The molecular weight excluding hydrogens is 238 g/mol. The summed E-state index contributed by atoms with van der Waals surface area (Å²) in [4.78, 5) is 4.48. The van der Waals surface area contributed by atoms with Gasteiger partial charge in [-0.1, -0.05) is 30.2 Å². The van der Waals surface area contributed by atoms with E-state index in [1.54, 1.807) is 7.11 Å². The van der Waals surface area contributed by atoms with Crippen molar-refractivity contribution in [3.05, 3.63) is 35.4 Å². The Bertz CT molecular complexity index is 449. The third-order valence-corrected chi connectivity index (χ3v) is 2.42. The van der Waals surface area contributed by atoms with Crippen molar-refractivity contribution < 1.29 is 4.74 Å². The summed E-state index contributed by atoms with van der Waals surface area (Å²) in [5, 5.41) is 6.20. The van der Waals surface area contributed by atoms with Crippen molar-refractivity contribution in [1.29, 1.82) is 0 Å². The van der Waals surface area contributed by atoms with E-state index in [-0.39, 0.29) is 0 Å². The van der Waals surface area contributed by atoms with Crippen LogP contribution in [-0.4, -0.2) is 26.2 Å². The molecule has 1 rings (SSSR count). The Morgan fingerprint density at radius 1 is 1.37 bits per heavy atom. The summed E-state index contributed by atoms with van der Waals surface area (Å²) in [6.45, 7) is 4.52. The molecule has 0 unspecified atom stereocenters. The third-order valence-electron chi connectivity index (χ3n) is 2.42. The summed E-state index contributed by atoms with van der Waals surface area (Å²) in [6.07, 6.45) is 5.22. The van der Waals surface area contributed by atoms with Crippen molar-refractivity contribution in [3.63, 3.8) is 0 Å². The molecule has 0 aliphatic rings. The molecule has 0 saturated carbocycles. The summed E-state index contributed by atoms with van der Waals surface area (Å²) in [5.41, 5.74) is 2.30. The van der Waals surface area contributed by atoms with Crippen LogP contribution in [0.4, 0.5) is 0 Å². The summed E-state index contributed by atoms with van der Waals surface area (Å²) >= 11 is 0. The second-order valence-electron chi connectivity index (χ2n) is 4.01. The van der Waals surface area contributed by atoms with Crippen molar-refractivity contribution in [2.24, 2.45) is 4.99 Å². The van der Waals surface area contributed by atoms with Gasteiger partial charge in [0.05, 0.1) is 19.7 Å². The van der Waals surface area contributed by atoms with Crippen molar-refractivity contribution in [3.8, 4) is 12.3 Å². The second-order valence-corrected chi connectivity index (χ2v) is 4.01. The van der Waals surface area contributed by atoms with Crippen LogP contribution in [0.2, 0.25) is 0 Å². The number of terminal acetylenes is 1. The van der Waals surface area contributed by atoms with Gasteiger partial charge in [-0.3, -0.25) is 0 Å². The number of aliphatic imine (C=N–C) groups is 1. The number of nitrogens with one attached hydrogen (secondary N) is 2. The first-order valence-corrected chi connectivity index (χ1v) is 6.32. The van der Waals surface area contributed by atoms with Crippen molar-refractivity contribution in [1.82, 2.24) is 10.6 Å². The lowest BCUT2D eigenvalue weighted by Gasteiger charge is -2.09. The molecule has 0 fully saturated rings. The molecule has 0 spiro atoms. The van der Waals surface area contributed by atoms with Crippen molar-refractivity contribution >= 4 is 5.96 Å². The van der Waals surface area contributed by atoms with Gasteiger partial charge < -0.3 is 15.4 Å². The van der Waals surface area contributed by atoms with E-state index in [9.17, 15) is 0 Å². The predicted molar refractivity (Wildman–Crippen MR) is 78.8 cm³/mol. The van der Waals surface area contributed by atoms with Crippen LogP contribution < -0.4 is 10.6 Å². The lowest BCUT2D eigenvalue weighted by Crippen LogP contribution is -2.37. The zero-order valence-electron chi connectivity index (χ0n) is 11.6. The van der Waals surface area contributed by atoms with E-state index in [0.29, 0.717) is 19.7 Å². The SMILES string of the molecule is C#CCNC(=NCc1cccc(COC)c1)NCC. The molecule has 19 heavy (non-hydrogen) atoms. The first kappa shape index (κ1) is 15.1. The molecule has 0 aromatic heterocycles. The number of rotatable bonds is 6. The molecule has 102 valence electrons. The highest BCUT2D eigenvalue weighted by Crippen LogP contribution is 2.07. The average molecular weight is 259 g/mol. The number of hydrogen-bond donors (Lipinski definition) is 2. The fraction of sp³-hybridized carbons (Fsp3) is 0.400. The van der Waals surface area contributed by atoms with Gasteiger partial charge in [0.25, 0.3) is 0 Å². The normalized spacial score (nSPS) is 10.9. The van der Waals surface area contributed by atoms with Crippen LogP contribution in [0, 0.1) is 12.3 Å². The van der Waals surface area contributed by atoms with Gasteiger partial charge in [0.15, 0.2) is 5.96 Å². The summed E-state index contributed by atoms with van der Waals surface area (Å²) in [7, 11) is 1.69. The first-order valence-electron chi connectivity index (χ1n) is 6.32. The van der Waals surface area contributed by atoms with Gasteiger partial charge in [-0.25, -0.2) is 4.99 Å². The molecule has 0 bridgehead atoms. The minimum atomic E-state index is 0.468. The average Bonchev–Trinajstić information content (AvgIpc) is 2.43. The van der Waals surface area contributed by atoms with Gasteiger partial charge in [0.2, 0.25) is 0 Å². The van der Waals surface area contributed by atoms with Crippen molar-refractivity contribution in [2.75, 3.05) is 20.2 Å². The second kappa shape index (κ2) is 9.01. The van der Waals surface area contributed by atoms with Gasteiger partial charge >= 0.3 is 0 Å². The standard InChI is InChI=1S/C15H21N3O/c1-4-9-17-15(16-5-2)18-11-13-7-6-8-14(10-13)12-19-3/h1,6-8,10H,5,9,11-12H2,2-3H3,(H2,16,17,18). The molecule has 0 saturated heterocycles. The van der Waals surface area contributed by atoms with Gasteiger partial charge in [-0.05, 0) is 18.1 Å². The molecule has 0 amide bonds. The molecule has 4 nitrogen and oxygen atoms in total. The molecular formula is C15H21N3O. The number of nitrogens with zero attached hydrogens (tertiary/aromatic N) is 1. The molecule has 2 N–H and O–H groups in total. The minimum absolute atomic E-state index is 0.468. The summed E-state index contributed by atoms with van der Waals surface area (Å²) in [6, 6.07) is 8.20. The van der Waals surface area contributed by atoms with Gasteiger partial charge in [0.1, 0.15) is 0 Å². The molecule has 0 heterocycles. The number of guanidine groups is 1. The largest absolute Gasteiger partial charge is 0.380 e. The first-order chi connectivity index (χ1) is 9.30. The fourth-order valence-electron chi connectivity index (χ4n) is 1.63. The molecule has 0 aliphatic carbocycles. The number of methoxy groups -OCH3 is 1. The van der Waals surface area contributed by atoms with Crippen molar-refractivity contribution in [2.45, 2.75) is 20.1 Å². The van der Waals surface area contributed by atoms with Crippen LogP contribution in [0.25, 0.3) is 0 Å². The van der Waals surface area contributed by atoms with Crippen LogP contribution in [0.15, 0.2) is 29.3 Å². The Labute approximate surface area is 115 Å². The maximum atomic E-state index is 5.22. The third kappa shape index (κ3) is 5.94. The van der Waals surface area contributed by atoms with E-state index in [0.717, 1.165) is 23.6 Å². The zero-order valence-corrected chi connectivity index (χ0v) is 11.6. The fourth-order valence-corrected chi connectivity index (χ4v) is 1.63.